The van der Waals surface area contributed by atoms with Crippen molar-refractivity contribution in [3.05, 3.63) is 65.2 Å². The standard InChI is InChI=1S/C16H12FN3/c1-10-19-15-6-5-12(8-16(15)20-10)14(9-18)11-3-2-4-13(17)7-11/h2-8,14H,1H3,(H,19,20). The van der Waals surface area contributed by atoms with Crippen LogP contribution in [0.3, 0.4) is 0 Å². The molecule has 0 saturated carbocycles. The summed E-state index contributed by atoms with van der Waals surface area (Å²) in [6, 6.07) is 14.0. The highest BCUT2D eigenvalue weighted by Crippen LogP contribution is 2.26. The van der Waals surface area contributed by atoms with Crippen LogP contribution in [-0.4, -0.2) is 9.97 Å². The molecule has 3 aromatic rings. The second-order valence-electron chi connectivity index (χ2n) is 4.72. The summed E-state index contributed by atoms with van der Waals surface area (Å²) in [6.07, 6.45) is 0. The highest BCUT2D eigenvalue weighted by atomic mass is 19.1. The first-order valence-corrected chi connectivity index (χ1v) is 6.29. The molecule has 1 unspecified atom stereocenters. The summed E-state index contributed by atoms with van der Waals surface area (Å²) in [5, 5.41) is 9.40. The van der Waals surface area contributed by atoms with Crippen LogP contribution in [0.1, 0.15) is 22.9 Å². The van der Waals surface area contributed by atoms with Crippen LogP contribution < -0.4 is 0 Å². The molecule has 20 heavy (non-hydrogen) atoms. The first-order valence-electron chi connectivity index (χ1n) is 6.29. The van der Waals surface area contributed by atoms with E-state index in [1.807, 2.05) is 25.1 Å². The van der Waals surface area contributed by atoms with Crippen molar-refractivity contribution in [2.45, 2.75) is 12.8 Å². The molecule has 1 N–H and O–H groups in total. The fraction of sp³-hybridized carbons (Fsp3) is 0.125. The van der Waals surface area contributed by atoms with E-state index in [0.29, 0.717) is 5.56 Å². The number of imidazole rings is 1. The van der Waals surface area contributed by atoms with Crippen molar-refractivity contribution in [1.29, 1.82) is 5.26 Å². The molecule has 0 spiro atoms. The second-order valence-corrected chi connectivity index (χ2v) is 4.72. The van der Waals surface area contributed by atoms with E-state index < -0.39 is 5.92 Å². The van der Waals surface area contributed by atoms with Gasteiger partial charge in [0, 0.05) is 0 Å². The summed E-state index contributed by atoms with van der Waals surface area (Å²) in [5.41, 5.74) is 3.23. The predicted molar refractivity (Wildman–Crippen MR) is 74.7 cm³/mol. The Balaban J connectivity index is 2.09. The molecule has 0 aliphatic heterocycles. The molecule has 3 nitrogen and oxygen atoms in total. The van der Waals surface area contributed by atoms with Crippen LogP contribution >= 0.6 is 0 Å². The lowest BCUT2D eigenvalue weighted by atomic mass is 9.92. The summed E-state index contributed by atoms with van der Waals surface area (Å²) in [7, 11) is 0. The molecule has 0 aliphatic rings. The highest BCUT2D eigenvalue weighted by molar-refractivity contribution is 5.76. The zero-order valence-corrected chi connectivity index (χ0v) is 10.9. The van der Waals surface area contributed by atoms with Crippen LogP contribution in [0.2, 0.25) is 0 Å². The molecule has 98 valence electrons. The van der Waals surface area contributed by atoms with E-state index >= 15 is 0 Å². The van der Waals surface area contributed by atoms with Gasteiger partial charge in [-0.1, -0.05) is 18.2 Å². The van der Waals surface area contributed by atoms with Gasteiger partial charge in [-0.25, -0.2) is 9.37 Å². The Morgan fingerprint density at radius 2 is 2.00 bits per heavy atom. The van der Waals surface area contributed by atoms with Gasteiger partial charge in [-0.3, -0.25) is 0 Å². The van der Waals surface area contributed by atoms with Gasteiger partial charge >= 0.3 is 0 Å². The first kappa shape index (κ1) is 12.4. The van der Waals surface area contributed by atoms with Gasteiger partial charge in [0.2, 0.25) is 0 Å². The average molecular weight is 265 g/mol. The Bertz CT molecular complexity index is 814. The van der Waals surface area contributed by atoms with E-state index in [1.54, 1.807) is 12.1 Å². The lowest BCUT2D eigenvalue weighted by Gasteiger charge is -2.10. The minimum Gasteiger partial charge on any atom is -0.342 e. The van der Waals surface area contributed by atoms with Crippen molar-refractivity contribution in [3.63, 3.8) is 0 Å². The van der Waals surface area contributed by atoms with E-state index in [9.17, 15) is 9.65 Å². The predicted octanol–water partition coefficient (Wildman–Crippen LogP) is 3.67. The number of benzene rings is 2. The summed E-state index contributed by atoms with van der Waals surface area (Å²) in [6.45, 7) is 1.88. The highest BCUT2D eigenvalue weighted by Gasteiger charge is 2.15. The number of rotatable bonds is 2. The molecular weight excluding hydrogens is 253 g/mol. The lowest BCUT2D eigenvalue weighted by molar-refractivity contribution is 0.625. The van der Waals surface area contributed by atoms with E-state index in [1.165, 1.54) is 12.1 Å². The van der Waals surface area contributed by atoms with E-state index in [2.05, 4.69) is 16.0 Å². The molecule has 0 saturated heterocycles. The van der Waals surface area contributed by atoms with Crippen LogP contribution in [0, 0.1) is 24.1 Å². The van der Waals surface area contributed by atoms with Crippen LogP contribution in [0.15, 0.2) is 42.5 Å². The van der Waals surface area contributed by atoms with Crippen molar-refractivity contribution in [2.75, 3.05) is 0 Å². The van der Waals surface area contributed by atoms with Crippen molar-refractivity contribution >= 4 is 11.0 Å². The van der Waals surface area contributed by atoms with Crippen LogP contribution in [0.5, 0.6) is 0 Å². The molecule has 1 atom stereocenters. The number of halogens is 1. The molecule has 0 aliphatic carbocycles. The molecule has 0 fully saturated rings. The van der Waals surface area contributed by atoms with Gasteiger partial charge in [0.1, 0.15) is 11.6 Å². The molecular formula is C16H12FN3. The Labute approximate surface area is 115 Å². The molecule has 0 bridgehead atoms. The molecule has 0 radical (unpaired) electrons. The molecule has 0 amide bonds. The number of fused-ring (bicyclic) bond motifs is 1. The zero-order valence-electron chi connectivity index (χ0n) is 10.9. The number of hydrogen-bond donors (Lipinski definition) is 1. The van der Waals surface area contributed by atoms with Crippen molar-refractivity contribution < 1.29 is 4.39 Å². The number of nitriles is 1. The van der Waals surface area contributed by atoms with Gasteiger partial charge in [0.25, 0.3) is 0 Å². The largest absolute Gasteiger partial charge is 0.342 e. The Hall–Kier alpha value is -2.67. The Morgan fingerprint density at radius 1 is 1.20 bits per heavy atom. The topological polar surface area (TPSA) is 52.5 Å². The van der Waals surface area contributed by atoms with Crippen LogP contribution in [0.4, 0.5) is 4.39 Å². The molecule has 3 rings (SSSR count). The minimum absolute atomic E-state index is 0.332. The van der Waals surface area contributed by atoms with Gasteiger partial charge in [-0.15, -0.1) is 0 Å². The minimum atomic E-state index is -0.487. The number of aryl methyl sites for hydroxylation is 1. The van der Waals surface area contributed by atoms with Crippen molar-refractivity contribution in [1.82, 2.24) is 9.97 Å². The van der Waals surface area contributed by atoms with Gasteiger partial charge in [-0.2, -0.15) is 5.26 Å². The summed E-state index contributed by atoms with van der Waals surface area (Å²) in [5.74, 6) is 0.0105. The maximum absolute atomic E-state index is 13.3. The van der Waals surface area contributed by atoms with E-state index in [-0.39, 0.29) is 5.82 Å². The second kappa shape index (κ2) is 4.78. The third-order valence-corrected chi connectivity index (χ3v) is 3.27. The third-order valence-electron chi connectivity index (χ3n) is 3.27. The van der Waals surface area contributed by atoms with Gasteiger partial charge < -0.3 is 4.98 Å². The smallest absolute Gasteiger partial charge is 0.123 e. The van der Waals surface area contributed by atoms with Gasteiger partial charge in [0.05, 0.1) is 23.0 Å². The SMILES string of the molecule is Cc1nc2ccc(C(C#N)c3cccc(F)c3)cc2[nH]1. The van der Waals surface area contributed by atoms with Crippen LogP contribution in [-0.2, 0) is 0 Å². The number of aromatic nitrogens is 2. The van der Waals surface area contributed by atoms with Gasteiger partial charge in [-0.05, 0) is 42.3 Å². The normalized spacial score (nSPS) is 12.2. The summed E-state index contributed by atoms with van der Waals surface area (Å²) >= 11 is 0. The van der Waals surface area contributed by atoms with Crippen molar-refractivity contribution in [3.8, 4) is 6.07 Å². The van der Waals surface area contributed by atoms with E-state index in [4.69, 9.17) is 0 Å². The lowest BCUT2D eigenvalue weighted by Crippen LogP contribution is -1.98. The van der Waals surface area contributed by atoms with Crippen LogP contribution in [0.25, 0.3) is 11.0 Å². The maximum Gasteiger partial charge on any atom is 0.123 e. The summed E-state index contributed by atoms with van der Waals surface area (Å²) < 4.78 is 13.3. The third kappa shape index (κ3) is 2.14. The Kier molecular flexibility index (Phi) is 2.96. The number of nitrogens with zero attached hydrogens (tertiary/aromatic N) is 2. The quantitative estimate of drug-likeness (QED) is 0.768. The van der Waals surface area contributed by atoms with Gasteiger partial charge in [0.15, 0.2) is 0 Å². The monoisotopic (exact) mass is 265 g/mol. The molecule has 2 aromatic carbocycles. The number of aromatic amines is 1. The number of H-pyrrole nitrogens is 1. The molecule has 1 aromatic heterocycles. The number of nitrogens with one attached hydrogen (secondary N) is 1. The fourth-order valence-electron chi connectivity index (χ4n) is 2.36. The molecule has 1 heterocycles. The fourth-order valence-corrected chi connectivity index (χ4v) is 2.36. The summed E-state index contributed by atoms with van der Waals surface area (Å²) in [4.78, 5) is 7.47. The van der Waals surface area contributed by atoms with Crippen molar-refractivity contribution in [2.24, 2.45) is 0 Å². The zero-order chi connectivity index (χ0) is 14.1. The Morgan fingerprint density at radius 3 is 2.75 bits per heavy atom. The number of hydrogen-bond acceptors (Lipinski definition) is 2. The first-order chi connectivity index (χ1) is 9.67. The maximum atomic E-state index is 13.3. The molecule has 4 heteroatoms. The average Bonchev–Trinajstić information content (AvgIpc) is 2.79. The van der Waals surface area contributed by atoms with E-state index in [0.717, 1.165) is 22.4 Å².